The van der Waals surface area contributed by atoms with Gasteiger partial charge in [-0.2, -0.15) is 0 Å². The van der Waals surface area contributed by atoms with Crippen molar-refractivity contribution >= 4 is 11.4 Å². The predicted octanol–water partition coefficient (Wildman–Crippen LogP) is 3.01. The highest BCUT2D eigenvalue weighted by molar-refractivity contribution is 5.62. The molecule has 0 heterocycles. The number of benzene rings is 1. The van der Waals surface area contributed by atoms with Gasteiger partial charge in [-0.15, -0.1) is 0 Å². The van der Waals surface area contributed by atoms with Crippen LogP contribution in [0.3, 0.4) is 0 Å². The first-order valence-corrected chi connectivity index (χ1v) is 6.77. The first-order valence-electron chi connectivity index (χ1n) is 6.77. The zero-order valence-corrected chi connectivity index (χ0v) is 11.6. The van der Waals surface area contributed by atoms with E-state index in [-0.39, 0.29) is 10.6 Å². The average molecular weight is 263 g/mol. The van der Waals surface area contributed by atoms with E-state index >= 15 is 0 Å². The van der Waals surface area contributed by atoms with Gasteiger partial charge in [0.25, 0.3) is 5.69 Å². The molecule has 0 bridgehead atoms. The maximum absolute atomic E-state index is 11.0. The fraction of sp³-hybridized carbons (Fsp3) is 0.571. The van der Waals surface area contributed by atoms with Crippen LogP contribution in [0, 0.1) is 10.1 Å². The van der Waals surface area contributed by atoms with Crippen molar-refractivity contribution in [2.24, 2.45) is 0 Å². The predicted molar refractivity (Wildman–Crippen MR) is 76.4 cm³/mol. The molecule has 0 atom stereocenters. The van der Waals surface area contributed by atoms with Crippen LogP contribution in [0.15, 0.2) is 18.2 Å². The van der Waals surface area contributed by atoms with Crippen LogP contribution in [0.4, 0.5) is 11.4 Å². The highest BCUT2D eigenvalue weighted by Crippen LogP contribution is 2.27. The van der Waals surface area contributed by atoms with E-state index in [0.29, 0.717) is 11.7 Å². The van der Waals surface area contributed by atoms with E-state index in [2.05, 4.69) is 17.3 Å². The Hall–Kier alpha value is -1.62. The van der Waals surface area contributed by atoms with Crippen LogP contribution in [-0.2, 0) is 6.54 Å². The second-order valence-corrected chi connectivity index (χ2v) is 5.21. The summed E-state index contributed by atoms with van der Waals surface area (Å²) in [4.78, 5) is 13.0. The molecule has 5 heteroatoms. The van der Waals surface area contributed by atoms with Crippen LogP contribution in [-0.4, -0.2) is 30.0 Å². The van der Waals surface area contributed by atoms with E-state index in [1.54, 1.807) is 19.2 Å². The van der Waals surface area contributed by atoms with E-state index < -0.39 is 0 Å². The summed E-state index contributed by atoms with van der Waals surface area (Å²) in [5, 5.41) is 13.9. The number of nitrogens with one attached hydrogen (secondary N) is 1. The maximum atomic E-state index is 11.0. The highest BCUT2D eigenvalue weighted by Gasteiger charge is 2.20. The molecule has 1 aliphatic carbocycles. The van der Waals surface area contributed by atoms with Gasteiger partial charge in [0.2, 0.25) is 0 Å². The fourth-order valence-corrected chi connectivity index (χ4v) is 2.80. The van der Waals surface area contributed by atoms with Gasteiger partial charge in [-0.25, -0.2) is 0 Å². The number of hydrogen-bond acceptors (Lipinski definition) is 4. The molecule has 19 heavy (non-hydrogen) atoms. The zero-order valence-electron chi connectivity index (χ0n) is 11.6. The second kappa shape index (κ2) is 6.02. The molecule has 0 unspecified atom stereocenters. The highest BCUT2D eigenvalue weighted by atomic mass is 16.6. The van der Waals surface area contributed by atoms with E-state index in [1.165, 1.54) is 25.7 Å². The van der Waals surface area contributed by atoms with Crippen LogP contribution in [0.1, 0.15) is 31.2 Å². The first-order chi connectivity index (χ1) is 9.11. The Morgan fingerprint density at radius 3 is 2.68 bits per heavy atom. The van der Waals surface area contributed by atoms with Gasteiger partial charge in [0.1, 0.15) is 5.69 Å². The normalized spacial score (nSPS) is 15.9. The Kier molecular flexibility index (Phi) is 4.37. The molecule has 1 aromatic carbocycles. The monoisotopic (exact) mass is 263 g/mol. The molecular formula is C14H21N3O2. The average Bonchev–Trinajstić information content (AvgIpc) is 2.92. The molecule has 2 rings (SSSR count). The Morgan fingerprint density at radius 1 is 1.42 bits per heavy atom. The van der Waals surface area contributed by atoms with Crippen LogP contribution in [0.5, 0.6) is 0 Å². The summed E-state index contributed by atoms with van der Waals surface area (Å²) in [6.45, 7) is 0.773. The molecule has 1 aliphatic rings. The van der Waals surface area contributed by atoms with Gasteiger partial charge in [0.15, 0.2) is 0 Å². The summed E-state index contributed by atoms with van der Waals surface area (Å²) in [6, 6.07) is 6.06. The van der Waals surface area contributed by atoms with Crippen molar-refractivity contribution in [3.63, 3.8) is 0 Å². The summed E-state index contributed by atoms with van der Waals surface area (Å²) in [6.07, 6.45) is 5.09. The number of anilines is 1. The summed E-state index contributed by atoms with van der Waals surface area (Å²) in [5.41, 5.74) is 1.72. The van der Waals surface area contributed by atoms with Crippen molar-refractivity contribution in [2.45, 2.75) is 38.3 Å². The molecule has 0 amide bonds. The van der Waals surface area contributed by atoms with Crippen LogP contribution in [0.2, 0.25) is 0 Å². The molecule has 0 spiro atoms. The molecule has 5 nitrogen and oxygen atoms in total. The minimum atomic E-state index is -0.328. The van der Waals surface area contributed by atoms with Crippen molar-refractivity contribution in [3.8, 4) is 0 Å². The van der Waals surface area contributed by atoms with E-state index in [1.807, 2.05) is 6.07 Å². The zero-order chi connectivity index (χ0) is 13.8. The van der Waals surface area contributed by atoms with E-state index in [0.717, 1.165) is 12.1 Å². The molecule has 1 aromatic rings. The molecular weight excluding hydrogens is 242 g/mol. The van der Waals surface area contributed by atoms with Gasteiger partial charge in [0.05, 0.1) is 4.92 Å². The minimum absolute atomic E-state index is 0.153. The lowest BCUT2D eigenvalue weighted by Gasteiger charge is -2.24. The van der Waals surface area contributed by atoms with Gasteiger partial charge in [-0.05, 0) is 31.5 Å². The molecule has 104 valence electrons. The first kappa shape index (κ1) is 13.8. The minimum Gasteiger partial charge on any atom is -0.383 e. The molecule has 1 fully saturated rings. The molecule has 0 aromatic heterocycles. The van der Waals surface area contributed by atoms with E-state index in [4.69, 9.17) is 0 Å². The number of rotatable bonds is 5. The Morgan fingerprint density at radius 2 is 2.11 bits per heavy atom. The Labute approximate surface area is 113 Å². The lowest BCUT2D eigenvalue weighted by Crippen LogP contribution is -2.28. The summed E-state index contributed by atoms with van der Waals surface area (Å²) in [7, 11) is 3.81. The van der Waals surface area contributed by atoms with E-state index in [9.17, 15) is 10.1 Å². The molecule has 0 saturated heterocycles. The third-order valence-corrected chi connectivity index (χ3v) is 3.91. The van der Waals surface area contributed by atoms with Crippen molar-refractivity contribution in [1.82, 2.24) is 4.90 Å². The molecule has 0 radical (unpaired) electrons. The van der Waals surface area contributed by atoms with Crippen LogP contribution < -0.4 is 5.32 Å². The summed E-state index contributed by atoms with van der Waals surface area (Å²) < 4.78 is 0. The molecule has 1 saturated carbocycles. The van der Waals surface area contributed by atoms with Gasteiger partial charge >= 0.3 is 0 Å². The Balaban J connectivity index is 2.11. The van der Waals surface area contributed by atoms with Gasteiger partial charge in [-0.3, -0.25) is 15.0 Å². The van der Waals surface area contributed by atoms with Gasteiger partial charge in [-0.1, -0.05) is 18.9 Å². The smallest absolute Gasteiger partial charge is 0.292 e. The second-order valence-electron chi connectivity index (χ2n) is 5.21. The maximum Gasteiger partial charge on any atom is 0.292 e. The summed E-state index contributed by atoms with van der Waals surface area (Å²) >= 11 is 0. The number of nitro benzene ring substituents is 1. The van der Waals surface area contributed by atoms with Crippen molar-refractivity contribution < 1.29 is 4.92 Å². The van der Waals surface area contributed by atoms with Gasteiger partial charge in [0, 0.05) is 25.7 Å². The standard InChI is InChI=1S/C14H21N3O2/c1-15-13-8-7-11(9-14(13)17(18)19)10-16(2)12-5-3-4-6-12/h7-9,12,15H,3-6,10H2,1-2H3. The quantitative estimate of drug-likeness (QED) is 0.655. The van der Waals surface area contributed by atoms with Crippen LogP contribution in [0.25, 0.3) is 0 Å². The lowest BCUT2D eigenvalue weighted by molar-refractivity contribution is -0.384. The SMILES string of the molecule is CNc1ccc(CN(C)C2CCCC2)cc1[N+](=O)[O-]. The van der Waals surface area contributed by atoms with Gasteiger partial charge < -0.3 is 5.32 Å². The number of nitrogens with zero attached hydrogens (tertiary/aromatic N) is 2. The number of hydrogen-bond donors (Lipinski definition) is 1. The summed E-state index contributed by atoms with van der Waals surface area (Å²) in [5.74, 6) is 0. The lowest BCUT2D eigenvalue weighted by atomic mass is 10.1. The van der Waals surface area contributed by atoms with Crippen LogP contribution >= 0.6 is 0 Å². The molecule has 1 N–H and O–H groups in total. The fourth-order valence-electron chi connectivity index (χ4n) is 2.80. The largest absolute Gasteiger partial charge is 0.383 e. The topological polar surface area (TPSA) is 58.4 Å². The van der Waals surface area contributed by atoms with Crippen molar-refractivity contribution in [1.29, 1.82) is 0 Å². The third kappa shape index (κ3) is 3.23. The Bertz CT molecular complexity index is 456. The number of nitro groups is 1. The third-order valence-electron chi connectivity index (χ3n) is 3.91. The molecule has 0 aliphatic heterocycles. The van der Waals surface area contributed by atoms with Crippen molar-refractivity contribution in [2.75, 3.05) is 19.4 Å². The van der Waals surface area contributed by atoms with Crippen molar-refractivity contribution in [3.05, 3.63) is 33.9 Å².